The van der Waals surface area contributed by atoms with Crippen LogP contribution in [-0.2, 0) is 0 Å². The molecule has 0 aromatic heterocycles. The van der Waals surface area contributed by atoms with Crippen molar-refractivity contribution in [1.29, 1.82) is 0 Å². The van der Waals surface area contributed by atoms with E-state index in [9.17, 15) is 0 Å². The maximum absolute atomic E-state index is 4.16. The summed E-state index contributed by atoms with van der Waals surface area (Å²) in [7, 11) is 0. The van der Waals surface area contributed by atoms with Crippen molar-refractivity contribution in [3.8, 4) is 0 Å². The number of hydrogen-bond donors (Lipinski definition) is 1. The Labute approximate surface area is 101 Å². The number of rotatable bonds is 8. The van der Waals surface area contributed by atoms with E-state index in [0.29, 0.717) is 6.04 Å². The van der Waals surface area contributed by atoms with Gasteiger partial charge in [0.2, 0.25) is 0 Å². The summed E-state index contributed by atoms with van der Waals surface area (Å²) in [5.41, 5.74) is 1.31. The van der Waals surface area contributed by atoms with Crippen molar-refractivity contribution in [2.45, 2.75) is 46.1 Å². The van der Waals surface area contributed by atoms with Crippen molar-refractivity contribution in [2.75, 3.05) is 26.2 Å². The van der Waals surface area contributed by atoms with Gasteiger partial charge in [0.15, 0.2) is 0 Å². The first-order valence-corrected chi connectivity index (χ1v) is 6.74. The molecular weight excluding hydrogens is 196 g/mol. The van der Waals surface area contributed by atoms with Gasteiger partial charge >= 0.3 is 0 Å². The number of nitrogens with zero attached hydrogens (tertiary/aromatic N) is 1. The molecule has 0 amide bonds. The number of nitrogens with one attached hydrogen (secondary N) is 1. The van der Waals surface area contributed by atoms with Gasteiger partial charge in [0.1, 0.15) is 0 Å². The molecule has 94 valence electrons. The van der Waals surface area contributed by atoms with Gasteiger partial charge in [-0.15, -0.1) is 0 Å². The summed E-state index contributed by atoms with van der Waals surface area (Å²) < 4.78 is 0. The molecule has 2 heteroatoms. The molecule has 2 nitrogen and oxygen atoms in total. The minimum atomic E-state index is 0.554. The third-order valence-electron chi connectivity index (χ3n) is 3.40. The van der Waals surface area contributed by atoms with Crippen LogP contribution < -0.4 is 5.32 Å². The lowest BCUT2D eigenvalue weighted by Gasteiger charge is -2.32. The average Bonchev–Trinajstić information content (AvgIpc) is 2.18. The maximum atomic E-state index is 4.16. The van der Waals surface area contributed by atoms with Crippen LogP contribution in [0.3, 0.4) is 0 Å². The van der Waals surface area contributed by atoms with Crippen LogP contribution in [0.1, 0.15) is 40.0 Å². The minimum absolute atomic E-state index is 0.554. The first-order chi connectivity index (χ1) is 7.61. The molecule has 16 heavy (non-hydrogen) atoms. The largest absolute Gasteiger partial charge is 0.311 e. The lowest BCUT2D eigenvalue weighted by molar-refractivity contribution is 0.194. The summed E-state index contributed by atoms with van der Waals surface area (Å²) in [6.07, 6.45) is 4.32. The topological polar surface area (TPSA) is 15.3 Å². The molecule has 0 aliphatic heterocycles. The zero-order chi connectivity index (χ0) is 12.0. The third kappa shape index (κ3) is 5.13. The monoisotopic (exact) mass is 224 g/mol. The average molecular weight is 224 g/mol. The van der Waals surface area contributed by atoms with Crippen LogP contribution in [0.5, 0.6) is 0 Å². The van der Waals surface area contributed by atoms with E-state index in [1.807, 2.05) is 0 Å². The molecular formula is C14H28N2. The summed E-state index contributed by atoms with van der Waals surface area (Å²) in [5, 5.41) is 3.43. The van der Waals surface area contributed by atoms with Gasteiger partial charge < -0.3 is 5.32 Å². The summed E-state index contributed by atoms with van der Waals surface area (Å²) in [6.45, 7) is 15.2. The van der Waals surface area contributed by atoms with E-state index in [-0.39, 0.29) is 0 Å². The van der Waals surface area contributed by atoms with Gasteiger partial charge in [0, 0.05) is 25.7 Å². The molecule has 0 unspecified atom stereocenters. The number of hydrogen-bond acceptors (Lipinski definition) is 2. The summed E-state index contributed by atoms with van der Waals surface area (Å²) in [5.74, 6) is 0.964. The van der Waals surface area contributed by atoms with Crippen molar-refractivity contribution in [3.63, 3.8) is 0 Å². The zero-order valence-corrected chi connectivity index (χ0v) is 11.3. The molecule has 0 atom stereocenters. The van der Waals surface area contributed by atoms with Crippen LogP contribution in [-0.4, -0.2) is 37.1 Å². The second-order valence-electron chi connectivity index (χ2n) is 5.41. The number of likely N-dealkylation sites (N-methyl/N-ethyl adjacent to an activating group) is 1. The first kappa shape index (κ1) is 13.7. The molecule has 0 radical (unpaired) electrons. The molecule has 0 aromatic rings. The van der Waals surface area contributed by atoms with Crippen LogP contribution in [0, 0.1) is 5.92 Å². The Bertz CT molecular complexity index is 207. The zero-order valence-electron chi connectivity index (χ0n) is 11.3. The molecule has 1 fully saturated rings. The Hall–Kier alpha value is -0.340. The molecule has 1 saturated carbocycles. The Balaban J connectivity index is 2.17. The second-order valence-corrected chi connectivity index (χ2v) is 5.41. The predicted octanol–water partition coefficient (Wildman–Crippen LogP) is 2.66. The lowest BCUT2D eigenvalue weighted by Crippen LogP contribution is -2.36. The molecule has 0 spiro atoms. The second kappa shape index (κ2) is 7.08. The van der Waals surface area contributed by atoms with E-state index in [1.165, 1.54) is 31.4 Å². The lowest BCUT2D eigenvalue weighted by atomic mass is 9.85. The quantitative estimate of drug-likeness (QED) is 0.638. The highest BCUT2D eigenvalue weighted by atomic mass is 15.1. The van der Waals surface area contributed by atoms with Crippen molar-refractivity contribution in [1.82, 2.24) is 10.2 Å². The van der Waals surface area contributed by atoms with Gasteiger partial charge in [-0.2, -0.15) is 0 Å². The maximum Gasteiger partial charge on any atom is 0.0202 e. The smallest absolute Gasteiger partial charge is 0.0202 e. The Morgan fingerprint density at radius 1 is 1.44 bits per heavy atom. The Kier molecular flexibility index (Phi) is 6.07. The van der Waals surface area contributed by atoms with Crippen LogP contribution >= 0.6 is 0 Å². The molecule has 0 saturated heterocycles. The molecule has 0 aromatic carbocycles. The summed E-state index contributed by atoms with van der Waals surface area (Å²) in [6, 6.07) is 0.554. The van der Waals surface area contributed by atoms with Gasteiger partial charge in [0.25, 0.3) is 0 Å². The Morgan fingerprint density at radius 3 is 2.56 bits per heavy atom. The van der Waals surface area contributed by atoms with E-state index < -0.39 is 0 Å². The fourth-order valence-electron chi connectivity index (χ4n) is 2.07. The van der Waals surface area contributed by atoms with Crippen LogP contribution in [0.4, 0.5) is 0 Å². The molecule has 1 aliphatic rings. The first-order valence-electron chi connectivity index (χ1n) is 6.74. The van der Waals surface area contributed by atoms with E-state index in [2.05, 4.69) is 37.6 Å². The van der Waals surface area contributed by atoms with Gasteiger partial charge in [-0.3, -0.25) is 4.90 Å². The SMILES string of the molecule is C=C(CNC(C)C)CN(CC)CC1CCC1. The normalized spacial score (nSPS) is 16.8. The van der Waals surface area contributed by atoms with E-state index >= 15 is 0 Å². The van der Waals surface area contributed by atoms with Gasteiger partial charge in [-0.1, -0.05) is 33.8 Å². The predicted molar refractivity (Wildman–Crippen MR) is 71.7 cm³/mol. The molecule has 1 N–H and O–H groups in total. The molecule has 0 heterocycles. The van der Waals surface area contributed by atoms with E-state index in [1.54, 1.807) is 0 Å². The fourth-order valence-corrected chi connectivity index (χ4v) is 2.07. The van der Waals surface area contributed by atoms with Gasteiger partial charge in [-0.25, -0.2) is 0 Å². The van der Waals surface area contributed by atoms with Crippen molar-refractivity contribution in [3.05, 3.63) is 12.2 Å². The van der Waals surface area contributed by atoms with Crippen LogP contribution in [0.15, 0.2) is 12.2 Å². The fraction of sp³-hybridized carbons (Fsp3) is 0.857. The molecule has 1 aliphatic carbocycles. The standard InChI is InChI=1S/C14H28N2/c1-5-16(11-14-7-6-8-14)10-13(4)9-15-12(2)3/h12,14-15H,4-11H2,1-3H3. The molecule has 1 rings (SSSR count). The van der Waals surface area contributed by atoms with E-state index in [0.717, 1.165) is 25.6 Å². The molecule has 0 bridgehead atoms. The summed E-state index contributed by atoms with van der Waals surface area (Å²) >= 11 is 0. The highest BCUT2D eigenvalue weighted by Crippen LogP contribution is 2.27. The van der Waals surface area contributed by atoms with Crippen molar-refractivity contribution < 1.29 is 0 Å². The highest BCUT2D eigenvalue weighted by molar-refractivity contribution is 5.00. The van der Waals surface area contributed by atoms with E-state index in [4.69, 9.17) is 0 Å². The van der Waals surface area contributed by atoms with Gasteiger partial charge in [-0.05, 0) is 30.9 Å². The van der Waals surface area contributed by atoms with Crippen molar-refractivity contribution >= 4 is 0 Å². The minimum Gasteiger partial charge on any atom is -0.311 e. The Morgan fingerprint density at radius 2 is 2.12 bits per heavy atom. The third-order valence-corrected chi connectivity index (χ3v) is 3.40. The highest BCUT2D eigenvalue weighted by Gasteiger charge is 2.20. The van der Waals surface area contributed by atoms with Gasteiger partial charge in [0.05, 0.1) is 0 Å². The summed E-state index contributed by atoms with van der Waals surface area (Å²) in [4.78, 5) is 2.54. The van der Waals surface area contributed by atoms with Crippen molar-refractivity contribution in [2.24, 2.45) is 5.92 Å². The van der Waals surface area contributed by atoms with Crippen LogP contribution in [0.2, 0.25) is 0 Å². The van der Waals surface area contributed by atoms with Crippen LogP contribution in [0.25, 0.3) is 0 Å².